The second kappa shape index (κ2) is 7.91. The van der Waals surface area contributed by atoms with Gasteiger partial charge in [-0.05, 0) is 31.2 Å². The number of rotatable bonds is 6. The average molecular weight is 312 g/mol. The number of allylic oxidation sites excluding steroid dienone is 3. The van der Waals surface area contributed by atoms with E-state index >= 15 is 0 Å². The Morgan fingerprint density at radius 2 is 1.87 bits per heavy atom. The number of hydrogen-bond acceptors (Lipinski definition) is 3. The highest BCUT2D eigenvalue weighted by atomic mass is 16.5. The fourth-order valence-electron chi connectivity index (χ4n) is 3.63. The van der Waals surface area contributed by atoms with E-state index in [1.165, 1.54) is 17.6 Å². The Morgan fingerprint density at radius 3 is 2.52 bits per heavy atom. The third kappa shape index (κ3) is 4.11. The van der Waals surface area contributed by atoms with Gasteiger partial charge in [-0.1, -0.05) is 54.1 Å². The van der Waals surface area contributed by atoms with Gasteiger partial charge in [0, 0.05) is 38.4 Å². The first-order valence-electron chi connectivity index (χ1n) is 8.74. The van der Waals surface area contributed by atoms with E-state index < -0.39 is 0 Å². The lowest BCUT2D eigenvalue weighted by Gasteiger charge is -2.46. The maximum absolute atomic E-state index is 6.27. The zero-order chi connectivity index (χ0) is 16.0. The summed E-state index contributed by atoms with van der Waals surface area (Å²) in [4.78, 5) is 2.61. The van der Waals surface area contributed by atoms with E-state index in [1.54, 1.807) is 0 Å². The smallest absolute Gasteiger partial charge is 0.0484 e. The van der Waals surface area contributed by atoms with Gasteiger partial charge in [-0.3, -0.25) is 4.90 Å². The van der Waals surface area contributed by atoms with Gasteiger partial charge in [-0.15, -0.1) is 0 Å². The lowest BCUT2D eigenvalue weighted by Crippen LogP contribution is -2.57. The van der Waals surface area contributed by atoms with Gasteiger partial charge < -0.3 is 10.5 Å². The van der Waals surface area contributed by atoms with Crippen molar-refractivity contribution in [2.45, 2.75) is 37.8 Å². The molecular weight excluding hydrogens is 284 g/mol. The van der Waals surface area contributed by atoms with E-state index in [0.717, 1.165) is 45.6 Å². The van der Waals surface area contributed by atoms with E-state index in [1.807, 2.05) is 0 Å². The molecule has 0 amide bonds. The molecule has 1 heterocycles. The normalized spacial score (nSPS) is 20.5. The predicted molar refractivity (Wildman–Crippen MR) is 95.1 cm³/mol. The van der Waals surface area contributed by atoms with Gasteiger partial charge in [0.2, 0.25) is 0 Å². The van der Waals surface area contributed by atoms with Gasteiger partial charge in [-0.25, -0.2) is 0 Å². The molecule has 124 valence electrons. The van der Waals surface area contributed by atoms with Crippen molar-refractivity contribution >= 4 is 0 Å². The zero-order valence-corrected chi connectivity index (χ0v) is 13.9. The van der Waals surface area contributed by atoms with E-state index in [2.05, 4.69) is 53.5 Å². The minimum atomic E-state index is 0.0656. The van der Waals surface area contributed by atoms with Crippen LogP contribution in [0, 0.1) is 0 Å². The summed E-state index contributed by atoms with van der Waals surface area (Å²) < 4.78 is 5.61. The highest BCUT2D eigenvalue weighted by Crippen LogP contribution is 2.30. The molecule has 2 N–H and O–H groups in total. The monoisotopic (exact) mass is 312 g/mol. The summed E-state index contributed by atoms with van der Waals surface area (Å²) in [5.41, 5.74) is 9.21. The largest absolute Gasteiger partial charge is 0.381 e. The highest BCUT2D eigenvalue weighted by Gasteiger charge is 2.37. The molecule has 1 aromatic carbocycles. The molecule has 0 radical (unpaired) electrons. The van der Waals surface area contributed by atoms with E-state index in [4.69, 9.17) is 10.5 Å². The first kappa shape index (κ1) is 16.4. The molecule has 1 aliphatic heterocycles. The molecular formula is C20H28N2O. The Kier molecular flexibility index (Phi) is 5.65. The second-order valence-electron chi connectivity index (χ2n) is 6.67. The lowest BCUT2D eigenvalue weighted by atomic mass is 9.86. The number of hydrogen-bond donors (Lipinski definition) is 1. The summed E-state index contributed by atoms with van der Waals surface area (Å²) in [6.07, 6.45) is 11.1. The van der Waals surface area contributed by atoms with Crippen LogP contribution in [0.2, 0.25) is 0 Å². The van der Waals surface area contributed by atoms with Crippen molar-refractivity contribution in [1.82, 2.24) is 4.90 Å². The fourth-order valence-corrected chi connectivity index (χ4v) is 3.63. The standard InChI is InChI=1S/C20H28N2O/c21-17-20(11-13-23-14-12-20)22(15-18-7-3-1-4-8-18)16-19-9-5-2-6-10-19/h1-5,7-9H,6,10-17,21H2. The van der Waals surface area contributed by atoms with Crippen LogP contribution in [-0.4, -0.2) is 36.7 Å². The van der Waals surface area contributed by atoms with Gasteiger partial charge in [0.05, 0.1) is 0 Å². The number of nitrogens with two attached hydrogens (primary N) is 1. The molecule has 23 heavy (non-hydrogen) atoms. The van der Waals surface area contributed by atoms with Crippen LogP contribution < -0.4 is 5.73 Å². The summed E-state index contributed by atoms with van der Waals surface area (Å²) in [6.45, 7) is 4.31. The number of ether oxygens (including phenoxy) is 1. The first-order chi connectivity index (χ1) is 11.3. The quantitative estimate of drug-likeness (QED) is 0.876. The van der Waals surface area contributed by atoms with Gasteiger partial charge in [-0.2, -0.15) is 0 Å². The van der Waals surface area contributed by atoms with E-state index in [-0.39, 0.29) is 5.54 Å². The molecule has 0 saturated carbocycles. The third-order valence-electron chi connectivity index (χ3n) is 5.18. The molecule has 3 nitrogen and oxygen atoms in total. The van der Waals surface area contributed by atoms with Crippen molar-refractivity contribution in [3.63, 3.8) is 0 Å². The lowest BCUT2D eigenvalue weighted by molar-refractivity contribution is -0.0245. The van der Waals surface area contributed by atoms with Crippen molar-refractivity contribution in [3.05, 3.63) is 59.7 Å². The molecule has 0 aromatic heterocycles. The van der Waals surface area contributed by atoms with Crippen LogP contribution in [0.15, 0.2) is 54.1 Å². The van der Waals surface area contributed by atoms with Crippen LogP contribution in [-0.2, 0) is 11.3 Å². The van der Waals surface area contributed by atoms with Crippen LogP contribution in [0.4, 0.5) is 0 Å². The van der Waals surface area contributed by atoms with Crippen LogP contribution in [0.3, 0.4) is 0 Å². The Hall–Kier alpha value is -1.42. The zero-order valence-electron chi connectivity index (χ0n) is 13.9. The maximum atomic E-state index is 6.27. The molecule has 3 heteroatoms. The molecule has 1 fully saturated rings. The second-order valence-corrected chi connectivity index (χ2v) is 6.67. The maximum Gasteiger partial charge on any atom is 0.0484 e. The van der Waals surface area contributed by atoms with Crippen LogP contribution in [0.1, 0.15) is 31.2 Å². The summed E-state index contributed by atoms with van der Waals surface area (Å²) in [5.74, 6) is 0. The fraction of sp³-hybridized carbons (Fsp3) is 0.500. The van der Waals surface area contributed by atoms with Crippen LogP contribution >= 0.6 is 0 Å². The van der Waals surface area contributed by atoms with Crippen molar-refractivity contribution in [1.29, 1.82) is 0 Å². The summed E-state index contributed by atoms with van der Waals surface area (Å²) in [6, 6.07) is 10.7. The Bertz CT molecular complexity index is 544. The Morgan fingerprint density at radius 1 is 1.09 bits per heavy atom. The van der Waals surface area contributed by atoms with Crippen LogP contribution in [0.25, 0.3) is 0 Å². The SMILES string of the molecule is NCC1(N(CC2=CC=CCC2)Cc2ccccc2)CCOCC1. The molecule has 1 aliphatic carbocycles. The topological polar surface area (TPSA) is 38.5 Å². The average Bonchev–Trinajstić information content (AvgIpc) is 2.63. The van der Waals surface area contributed by atoms with Gasteiger partial charge in [0.1, 0.15) is 0 Å². The van der Waals surface area contributed by atoms with E-state index in [0.29, 0.717) is 6.54 Å². The van der Waals surface area contributed by atoms with Crippen LogP contribution in [0.5, 0.6) is 0 Å². The third-order valence-corrected chi connectivity index (χ3v) is 5.18. The van der Waals surface area contributed by atoms with Crippen molar-refractivity contribution in [2.75, 3.05) is 26.3 Å². The van der Waals surface area contributed by atoms with E-state index in [9.17, 15) is 0 Å². The molecule has 2 aliphatic rings. The number of nitrogens with zero attached hydrogens (tertiary/aromatic N) is 1. The molecule has 0 spiro atoms. The Balaban J connectivity index is 1.82. The highest BCUT2D eigenvalue weighted by molar-refractivity contribution is 5.21. The Labute approximate surface area is 139 Å². The van der Waals surface area contributed by atoms with Crippen molar-refractivity contribution < 1.29 is 4.74 Å². The van der Waals surface area contributed by atoms with Gasteiger partial charge in [0.25, 0.3) is 0 Å². The van der Waals surface area contributed by atoms with Gasteiger partial charge >= 0.3 is 0 Å². The van der Waals surface area contributed by atoms with Crippen molar-refractivity contribution in [3.8, 4) is 0 Å². The summed E-state index contributed by atoms with van der Waals surface area (Å²) in [7, 11) is 0. The molecule has 0 atom stereocenters. The minimum absolute atomic E-state index is 0.0656. The minimum Gasteiger partial charge on any atom is -0.381 e. The summed E-state index contributed by atoms with van der Waals surface area (Å²) >= 11 is 0. The number of benzene rings is 1. The molecule has 3 rings (SSSR count). The molecule has 1 saturated heterocycles. The van der Waals surface area contributed by atoms with Crippen molar-refractivity contribution in [2.24, 2.45) is 5.73 Å². The first-order valence-corrected chi connectivity index (χ1v) is 8.74. The molecule has 0 bridgehead atoms. The summed E-state index contributed by atoms with van der Waals surface area (Å²) in [5, 5.41) is 0. The van der Waals surface area contributed by atoms with Gasteiger partial charge in [0.15, 0.2) is 0 Å². The molecule has 0 unspecified atom stereocenters. The predicted octanol–water partition coefficient (Wildman–Crippen LogP) is 3.27. The molecule has 1 aromatic rings.